The standard InChI is InChI=1S/C18H20ClNO2/c1-3-17(22-16-10-8-15(19)9-11-16)18(21)20-12-14-6-4-13(2)5-7-14/h4-11,17H,3,12H2,1-2H3,(H,20,21). The van der Waals surface area contributed by atoms with Crippen LogP contribution in [-0.2, 0) is 11.3 Å². The molecule has 22 heavy (non-hydrogen) atoms. The van der Waals surface area contributed by atoms with Gasteiger partial charge in [-0.05, 0) is 43.2 Å². The van der Waals surface area contributed by atoms with Crippen LogP contribution in [0.5, 0.6) is 5.75 Å². The summed E-state index contributed by atoms with van der Waals surface area (Å²) in [6.45, 7) is 4.46. The van der Waals surface area contributed by atoms with Crippen LogP contribution in [-0.4, -0.2) is 12.0 Å². The number of ether oxygens (including phenoxy) is 1. The summed E-state index contributed by atoms with van der Waals surface area (Å²) in [5, 5.41) is 3.55. The van der Waals surface area contributed by atoms with Gasteiger partial charge in [0.25, 0.3) is 5.91 Å². The van der Waals surface area contributed by atoms with E-state index in [9.17, 15) is 4.79 Å². The topological polar surface area (TPSA) is 38.3 Å². The van der Waals surface area contributed by atoms with Gasteiger partial charge in [0.2, 0.25) is 0 Å². The van der Waals surface area contributed by atoms with Gasteiger partial charge in [-0.2, -0.15) is 0 Å². The molecular weight excluding hydrogens is 298 g/mol. The smallest absolute Gasteiger partial charge is 0.261 e. The summed E-state index contributed by atoms with van der Waals surface area (Å²) < 4.78 is 5.72. The Morgan fingerprint density at radius 1 is 1.14 bits per heavy atom. The van der Waals surface area contributed by atoms with E-state index in [-0.39, 0.29) is 5.91 Å². The highest BCUT2D eigenvalue weighted by molar-refractivity contribution is 6.30. The zero-order chi connectivity index (χ0) is 15.9. The van der Waals surface area contributed by atoms with E-state index >= 15 is 0 Å². The Kier molecular flexibility index (Phi) is 5.84. The number of hydrogen-bond donors (Lipinski definition) is 1. The molecule has 0 heterocycles. The minimum atomic E-state index is -0.508. The average Bonchev–Trinajstić information content (AvgIpc) is 2.53. The number of carbonyl (C=O) groups excluding carboxylic acids is 1. The van der Waals surface area contributed by atoms with E-state index in [1.165, 1.54) is 5.56 Å². The SMILES string of the molecule is CCC(Oc1ccc(Cl)cc1)C(=O)NCc1ccc(C)cc1. The predicted molar refractivity (Wildman–Crippen MR) is 89.2 cm³/mol. The van der Waals surface area contributed by atoms with Gasteiger partial charge in [-0.25, -0.2) is 0 Å². The van der Waals surface area contributed by atoms with Crippen LogP contribution < -0.4 is 10.1 Å². The second-order valence-electron chi connectivity index (χ2n) is 5.17. The number of rotatable bonds is 6. The number of hydrogen-bond acceptors (Lipinski definition) is 2. The monoisotopic (exact) mass is 317 g/mol. The summed E-state index contributed by atoms with van der Waals surface area (Å²) in [7, 11) is 0. The summed E-state index contributed by atoms with van der Waals surface area (Å²) in [5.74, 6) is 0.528. The van der Waals surface area contributed by atoms with Crippen LogP contribution in [0.4, 0.5) is 0 Å². The summed E-state index contributed by atoms with van der Waals surface area (Å²) in [6, 6.07) is 15.1. The van der Waals surface area contributed by atoms with Crippen molar-refractivity contribution in [3.05, 3.63) is 64.7 Å². The van der Waals surface area contributed by atoms with Gasteiger partial charge in [0, 0.05) is 11.6 Å². The maximum absolute atomic E-state index is 12.2. The van der Waals surface area contributed by atoms with Crippen molar-refractivity contribution in [1.29, 1.82) is 0 Å². The van der Waals surface area contributed by atoms with Crippen molar-refractivity contribution in [2.75, 3.05) is 0 Å². The molecule has 0 spiro atoms. The van der Waals surface area contributed by atoms with Gasteiger partial charge in [-0.3, -0.25) is 4.79 Å². The van der Waals surface area contributed by atoms with E-state index in [2.05, 4.69) is 5.32 Å². The first-order valence-corrected chi connectivity index (χ1v) is 7.71. The molecule has 2 aromatic carbocycles. The van der Waals surface area contributed by atoms with Crippen LogP contribution in [0.25, 0.3) is 0 Å². The lowest BCUT2D eigenvalue weighted by Crippen LogP contribution is -2.37. The van der Waals surface area contributed by atoms with E-state index in [1.54, 1.807) is 24.3 Å². The van der Waals surface area contributed by atoms with Crippen molar-refractivity contribution in [2.24, 2.45) is 0 Å². The maximum atomic E-state index is 12.2. The Labute approximate surface area is 136 Å². The van der Waals surface area contributed by atoms with Crippen LogP contribution in [0.1, 0.15) is 24.5 Å². The van der Waals surface area contributed by atoms with Crippen LogP contribution >= 0.6 is 11.6 Å². The Bertz CT molecular complexity index is 608. The number of amides is 1. The van der Waals surface area contributed by atoms with E-state index < -0.39 is 6.10 Å². The first-order valence-electron chi connectivity index (χ1n) is 7.34. The molecule has 4 heteroatoms. The lowest BCUT2D eigenvalue weighted by Gasteiger charge is -2.17. The normalized spacial score (nSPS) is 11.8. The van der Waals surface area contributed by atoms with Gasteiger partial charge in [0.05, 0.1) is 0 Å². The zero-order valence-corrected chi connectivity index (χ0v) is 13.6. The lowest BCUT2D eigenvalue weighted by molar-refractivity contribution is -0.128. The Morgan fingerprint density at radius 3 is 2.36 bits per heavy atom. The highest BCUT2D eigenvalue weighted by Gasteiger charge is 2.17. The fraction of sp³-hybridized carbons (Fsp3) is 0.278. The zero-order valence-electron chi connectivity index (χ0n) is 12.8. The largest absolute Gasteiger partial charge is 0.481 e. The van der Waals surface area contributed by atoms with Crippen LogP contribution in [0.3, 0.4) is 0 Å². The summed E-state index contributed by atoms with van der Waals surface area (Å²) in [6.07, 6.45) is 0.0918. The predicted octanol–water partition coefficient (Wildman–Crippen LogP) is 4.12. The minimum absolute atomic E-state index is 0.113. The second-order valence-corrected chi connectivity index (χ2v) is 5.61. The molecule has 0 saturated heterocycles. The number of benzene rings is 2. The summed E-state index contributed by atoms with van der Waals surface area (Å²) in [4.78, 5) is 12.2. The molecule has 116 valence electrons. The van der Waals surface area contributed by atoms with E-state index in [0.29, 0.717) is 23.7 Å². The molecule has 0 aliphatic heterocycles. The van der Waals surface area contributed by atoms with Gasteiger partial charge in [-0.15, -0.1) is 0 Å². The molecule has 1 atom stereocenters. The molecule has 0 aliphatic rings. The summed E-state index contributed by atoms with van der Waals surface area (Å²) >= 11 is 5.84. The fourth-order valence-corrected chi connectivity index (χ4v) is 2.13. The molecule has 0 fully saturated rings. The summed E-state index contributed by atoms with van der Waals surface area (Å²) in [5.41, 5.74) is 2.27. The van der Waals surface area contributed by atoms with Crippen molar-refractivity contribution in [3.8, 4) is 5.75 Å². The maximum Gasteiger partial charge on any atom is 0.261 e. The molecule has 1 N–H and O–H groups in total. The molecule has 3 nitrogen and oxygen atoms in total. The van der Waals surface area contributed by atoms with Crippen LogP contribution in [0.2, 0.25) is 5.02 Å². The first-order chi connectivity index (χ1) is 10.6. The van der Waals surface area contributed by atoms with Crippen molar-refractivity contribution < 1.29 is 9.53 Å². The molecule has 0 aromatic heterocycles. The third-order valence-electron chi connectivity index (χ3n) is 3.34. The van der Waals surface area contributed by atoms with Crippen molar-refractivity contribution in [1.82, 2.24) is 5.32 Å². The van der Waals surface area contributed by atoms with Gasteiger partial charge in [0.15, 0.2) is 6.10 Å². The number of aryl methyl sites for hydroxylation is 1. The van der Waals surface area contributed by atoms with Crippen molar-refractivity contribution in [3.63, 3.8) is 0 Å². The third kappa shape index (κ3) is 4.78. The molecule has 2 rings (SSSR count). The van der Waals surface area contributed by atoms with Gasteiger partial charge >= 0.3 is 0 Å². The molecular formula is C18H20ClNO2. The molecule has 1 unspecified atom stereocenters. The van der Waals surface area contributed by atoms with Crippen molar-refractivity contribution >= 4 is 17.5 Å². The highest BCUT2D eigenvalue weighted by Crippen LogP contribution is 2.17. The Balaban J connectivity index is 1.91. The van der Waals surface area contributed by atoms with Crippen molar-refractivity contribution in [2.45, 2.75) is 32.9 Å². The first kappa shape index (κ1) is 16.4. The van der Waals surface area contributed by atoms with Gasteiger partial charge in [-0.1, -0.05) is 48.4 Å². The third-order valence-corrected chi connectivity index (χ3v) is 3.59. The Morgan fingerprint density at radius 2 is 1.77 bits per heavy atom. The molecule has 0 bridgehead atoms. The average molecular weight is 318 g/mol. The number of nitrogens with one attached hydrogen (secondary N) is 1. The Hall–Kier alpha value is -2.00. The fourth-order valence-electron chi connectivity index (χ4n) is 2.01. The molecule has 0 aliphatic carbocycles. The second kappa shape index (κ2) is 7.85. The van der Waals surface area contributed by atoms with E-state index in [1.807, 2.05) is 38.1 Å². The lowest BCUT2D eigenvalue weighted by atomic mass is 10.1. The van der Waals surface area contributed by atoms with Crippen LogP contribution in [0, 0.1) is 6.92 Å². The van der Waals surface area contributed by atoms with Gasteiger partial charge in [0.1, 0.15) is 5.75 Å². The molecule has 0 radical (unpaired) electrons. The van der Waals surface area contributed by atoms with E-state index in [4.69, 9.17) is 16.3 Å². The highest BCUT2D eigenvalue weighted by atomic mass is 35.5. The number of carbonyl (C=O) groups is 1. The molecule has 0 saturated carbocycles. The van der Waals surface area contributed by atoms with Crippen LogP contribution in [0.15, 0.2) is 48.5 Å². The molecule has 1 amide bonds. The molecule has 2 aromatic rings. The quantitative estimate of drug-likeness (QED) is 0.870. The minimum Gasteiger partial charge on any atom is -0.481 e. The van der Waals surface area contributed by atoms with Gasteiger partial charge < -0.3 is 10.1 Å². The number of halogens is 1. The van der Waals surface area contributed by atoms with E-state index in [0.717, 1.165) is 5.56 Å².